The fraction of sp³-hybridized carbons (Fsp3) is 0.556. The summed E-state index contributed by atoms with van der Waals surface area (Å²) in [5, 5.41) is 0.629. The molecule has 2 bridgehead atoms. The van der Waals surface area contributed by atoms with E-state index in [0.717, 1.165) is 66.7 Å². The number of hydrogen-bond acceptors (Lipinski definition) is 6. The number of piperidine rings is 1. The van der Waals surface area contributed by atoms with Gasteiger partial charge in [-0.25, -0.2) is 13.1 Å². The van der Waals surface area contributed by atoms with Gasteiger partial charge in [-0.05, 0) is 92.9 Å². The minimum Gasteiger partial charge on any atom is -0.497 e. The molecular formula is C36H42N4O5S. The van der Waals surface area contributed by atoms with Crippen molar-refractivity contribution in [2.24, 2.45) is 5.41 Å². The molecule has 9 rings (SSSR count). The van der Waals surface area contributed by atoms with Gasteiger partial charge in [-0.15, -0.1) is 0 Å². The normalized spacial score (nSPS) is 28.8. The van der Waals surface area contributed by atoms with Gasteiger partial charge >= 0.3 is 0 Å². The standard InChI is InChI=1S/C36H42N4O5S/c1-38-18-23-15-24(19-38)40(23)35(42)36-17-30(36)29-16-25(45-2)9-13-27(29)33-32(21-6-4-3-5-7-21)28-12-8-22(14-31(28)39(33)20-36)34(41)37-46(43,44)26-10-11-26/h8-9,12-14,16,21,23-24,26,30H,3-7,10-11,15,17-20H2,1-2H3,(H,37,41)/t23-,24+,30?,36?. The van der Waals surface area contributed by atoms with E-state index in [1.807, 2.05) is 18.2 Å². The maximum Gasteiger partial charge on any atom is 0.264 e. The Labute approximate surface area is 270 Å². The smallest absolute Gasteiger partial charge is 0.264 e. The summed E-state index contributed by atoms with van der Waals surface area (Å²) in [6.07, 6.45) is 8.87. The summed E-state index contributed by atoms with van der Waals surface area (Å²) in [5.74, 6) is 0.945. The molecule has 3 aliphatic heterocycles. The topological polar surface area (TPSA) is 101 Å². The average molecular weight is 643 g/mol. The summed E-state index contributed by atoms with van der Waals surface area (Å²) in [4.78, 5) is 32.7. The molecule has 1 aromatic heterocycles. The number of amides is 2. The highest BCUT2D eigenvalue weighted by atomic mass is 32.2. The lowest BCUT2D eigenvalue weighted by Gasteiger charge is -2.56. The lowest BCUT2D eigenvalue weighted by Crippen LogP contribution is -2.70. The van der Waals surface area contributed by atoms with Crippen LogP contribution in [0.5, 0.6) is 5.75 Å². The van der Waals surface area contributed by atoms with Crippen molar-refractivity contribution >= 4 is 32.7 Å². The molecule has 1 N–H and O–H groups in total. The summed E-state index contributed by atoms with van der Waals surface area (Å²) in [6, 6.07) is 12.6. The molecule has 6 aliphatic rings. The van der Waals surface area contributed by atoms with Crippen LogP contribution in [0.15, 0.2) is 36.4 Å². The Balaban J connectivity index is 1.22. The van der Waals surface area contributed by atoms with Crippen molar-refractivity contribution in [2.75, 3.05) is 27.2 Å². The number of sulfonamides is 1. The Kier molecular flexibility index (Phi) is 6.31. The molecule has 242 valence electrons. The number of hydrogen-bond donors (Lipinski definition) is 1. The maximum atomic E-state index is 14.8. The van der Waals surface area contributed by atoms with Gasteiger partial charge in [-0.1, -0.05) is 25.3 Å². The zero-order valence-corrected chi connectivity index (χ0v) is 27.4. The number of nitrogens with zero attached hydrogens (tertiary/aromatic N) is 3. The molecule has 2 aromatic carbocycles. The van der Waals surface area contributed by atoms with Crippen LogP contribution in [-0.2, 0) is 21.4 Å². The van der Waals surface area contributed by atoms with Gasteiger partial charge < -0.3 is 19.1 Å². The summed E-state index contributed by atoms with van der Waals surface area (Å²) >= 11 is 0. The van der Waals surface area contributed by atoms with Crippen molar-refractivity contribution in [3.8, 4) is 17.0 Å². The quantitative estimate of drug-likeness (QED) is 0.407. The zero-order chi connectivity index (χ0) is 31.5. The van der Waals surface area contributed by atoms with Crippen LogP contribution in [0.25, 0.3) is 22.2 Å². The Hall–Kier alpha value is -3.37. The third kappa shape index (κ3) is 4.24. The molecule has 4 heterocycles. The number of rotatable bonds is 6. The molecule has 0 spiro atoms. The first-order valence-corrected chi connectivity index (χ1v) is 18.6. The van der Waals surface area contributed by atoms with Gasteiger partial charge in [0.25, 0.3) is 5.91 Å². The van der Waals surface area contributed by atoms with Crippen molar-refractivity contribution in [1.82, 2.24) is 19.1 Å². The molecule has 5 fully saturated rings. The van der Waals surface area contributed by atoms with E-state index in [2.05, 4.69) is 38.3 Å². The van der Waals surface area contributed by atoms with Gasteiger partial charge in [0.1, 0.15) is 5.75 Å². The van der Waals surface area contributed by atoms with Gasteiger partial charge in [-0.3, -0.25) is 9.59 Å². The number of likely N-dealkylation sites (N-methyl/N-ethyl adjacent to an activating group) is 1. The van der Waals surface area contributed by atoms with Crippen molar-refractivity contribution in [3.05, 3.63) is 53.1 Å². The van der Waals surface area contributed by atoms with Gasteiger partial charge in [0.2, 0.25) is 15.9 Å². The molecule has 3 aromatic rings. The first-order chi connectivity index (χ1) is 22.2. The van der Waals surface area contributed by atoms with Crippen LogP contribution in [0.4, 0.5) is 0 Å². The van der Waals surface area contributed by atoms with E-state index < -0.39 is 26.6 Å². The number of fused-ring (bicyclic) bond motifs is 9. The van der Waals surface area contributed by atoms with Crippen LogP contribution < -0.4 is 9.46 Å². The van der Waals surface area contributed by atoms with Gasteiger partial charge in [0.15, 0.2) is 0 Å². The van der Waals surface area contributed by atoms with Crippen LogP contribution in [-0.4, -0.2) is 79.2 Å². The second-order valence-corrected chi connectivity index (χ2v) is 16.9. The Morgan fingerprint density at radius 1 is 0.978 bits per heavy atom. The van der Waals surface area contributed by atoms with E-state index in [1.54, 1.807) is 13.2 Å². The molecule has 3 saturated carbocycles. The number of benzene rings is 2. The number of carbonyl (C=O) groups excluding carboxylic acids is 2. The Bertz CT molecular complexity index is 1900. The first kappa shape index (κ1) is 28.8. The minimum absolute atomic E-state index is 0.0912. The number of likely N-dealkylation sites (tertiary alicyclic amines) is 2. The number of aromatic nitrogens is 1. The lowest BCUT2D eigenvalue weighted by molar-refractivity contribution is -0.159. The van der Waals surface area contributed by atoms with E-state index in [-0.39, 0.29) is 23.9 Å². The molecule has 2 amide bonds. The van der Waals surface area contributed by atoms with Crippen molar-refractivity contribution in [2.45, 2.75) is 93.5 Å². The van der Waals surface area contributed by atoms with Crippen LogP contribution in [0, 0.1) is 5.41 Å². The van der Waals surface area contributed by atoms with Crippen LogP contribution in [0.1, 0.15) is 91.1 Å². The molecule has 46 heavy (non-hydrogen) atoms. The number of nitrogens with one attached hydrogen (secondary N) is 1. The number of piperazine rings is 1. The Morgan fingerprint density at radius 2 is 1.74 bits per heavy atom. The van der Waals surface area contributed by atoms with E-state index in [1.165, 1.54) is 30.4 Å². The highest BCUT2D eigenvalue weighted by Gasteiger charge is 2.66. The highest BCUT2D eigenvalue weighted by Crippen LogP contribution is 2.67. The fourth-order valence-electron chi connectivity index (χ4n) is 9.48. The van der Waals surface area contributed by atoms with Crippen molar-refractivity contribution in [3.63, 3.8) is 0 Å². The summed E-state index contributed by atoms with van der Waals surface area (Å²) in [5.41, 5.74) is 5.48. The molecule has 0 radical (unpaired) electrons. The molecule has 3 aliphatic carbocycles. The number of ether oxygens (including phenoxy) is 1. The van der Waals surface area contributed by atoms with Gasteiger partial charge in [0.05, 0.1) is 23.5 Å². The third-order valence-electron chi connectivity index (χ3n) is 12.0. The minimum atomic E-state index is -3.68. The van der Waals surface area contributed by atoms with E-state index in [9.17, 15) is 18.0 Å². The maximum absolute atomic E-state index is 14.8. The monoisotopic (exact) mass is 642 g/mol. The second kappa shape index (κ2) is 10.1. The summed E-state index contributed by atoms with van der Waals surface area (Å²) in [7, 11) is 0.155. The lowest BCUT2D eigenvalue weighted by atomic mass is 9.81. The largest absolute Gasteiger partial charge is 0.497 e. The van der Waals surface area contributed by atoms with Gasteiger partial charge in [0, 0.05) is 59.7 Å². The molecule has 2 unspecified atom stereocenters. The van der Waals surface area contributed by atoms with E-state index >= 15 is 0 Å². The molecule has 4 atom stereocenters. The summed E-state index contributed by atoms with van der Waals surface area (Å²) in [6.45, 7) is 2.38. The second-order valence-electron chi connectivity index (χ2n) is 14.9. The van der Waals surface area contributed by atoms with Crippen LogP contribution in [0.2, 0.25) is 0 Å². The van der Waals surface area contributed by atoms with E-state index in [4.69, 9.17) is 4.74 Å². The average Bonchev–Trinajstić information content (AvgIpc) is 3.97. The third-order valence-corrected chi connectivity index (χ3v) is 13.8. The van der Waals surface area contributed by atoms with E-state index in [0.29, 0.717) is 30.9 Å². The molecule has 9 nitrogen and oxygen atoms in total. The number of carbonyl (C=O) groups is 2. The van der Waals surface area contributed by atoms with Crippen molar-refractivity contribution in [1.29, 1.82) is 0 Å². The van der Waals surface area contributed by atoms with Gasteiger partial charge in [-0.2, -0.15) is 0 Å². The predicted octanol–water partition coefficient (Wildman–Crippen LogP) is 4.99. The Morgan fingerprint density at radius 3 is 2.46 bits per heavy atom. The number of methoxy groups -OCH3 is 1. The summed E-state index contributed by atoms with van der Waals surface area (Å²) < 4.78 is 35.8. The SMILES string of the molecule is COc1ccc2c(c1)C1CC1(C(=O)N1[C@@H]3C[C@H]1CN(C)C3)Cn1c-2c(C2CCCCC2)c2ccc(C(=O)NS(=O)(=O)C3CC3)cc21. The first-order valence-electron chi connectivity index (χ1n) is 17.1. The highest BCUT2D eigenvalue weighted by molar-refractivity contribution is 7.91. The molecule has 10 heteroatoms. The predicted molar refractivity (Wildman–Crippen MR) is 175 cm³/mol. The molecular weight excluding hydrogens is 600 g/mol. The zero-order valence-electron chi connectivity index (χ0n) is 26.6. The fourth-order valence-corrected chi connectivity index (χ4v) is 10.8. The van der Waals surface area contributed by atoms with Crippen LogP contribution >= 0.6 is 0 Å². The van der Waals surface area contributed by atoms with Crippen LogP contribution in [0.3, 0.4) is 0 Å². The molecule has 2 saturated heterocycles. The van der Waals surface area contributed by atoms with Crippen molar-refractivity contribution < 1.29 is 22.7 Å².